The fraction of sp³-hybridized carbons (Fsp3) is 0.409. The predicted octanol–water partition coefficient (Wildman–Crippen LogP) is 3.48. The number of carbonyl (C=O) groups is 3. The molecule has 2 aromatic rings. The zero-order chi connectivity index (χ0) is 20.1. The number of rotatable bonds is 6. The van der Waals surface area contributed by atoms with E-state index in [-0.39, 0.29) is 18.2 Å². The van der Waals surface area contributed by atoms with Crippen LogP contribution in [0.2, 0.25) is 0 Å². The van der Waals surface area contributed by atoms with E-state index < -0.39 is 11.6 Å². The molecule has 6 heteroatoms. The van der Waals surface area contributed by atoms with Crippen molar-refractivity contribution in [1.29, 1.82) is 0 Å². The van der Waals surface area contributed by atoms with Gasteiger partial charge >= 0.3 is 6.03 Å². The minimum Gasteiger partial charge on any atom is -0.345 e. The van der Waals surface area contributed by atoms with Crippen LogP contribution in [-0.4, -0.2) is 33.7 Å². The molecule has 0 spiro atoms. The monoisotopic (exact) mass is 379 g/mol. The van der Waals surface area contributed by atoms with Gasteiger partial charge in [0.2, 0.25) is 0 Å². The average Bonchev–Trinajstić information content (AvgIpc) is 3.43. The molecule has 2 fully saturated rings. The van der Waals surface area contributed by atoms with E-state index in [1.54, 1.807) is 0 Å². The van der Waals surface area contributed by atoms with E-state index in [4.69, 9.17) is 0 Å². The Morgan fingerprint density at radius 2 is 1.86 bits per heavy atom. The van der Waals surface area contributed by atoms with Crippen LogP contribution in [0.15, 0.2) is 36.4 Å². The van der Waals surface area contributed by atoms with Gasteiger partial charge in [0.1, 0.15) is 5.54 Å². The summed E-state index contributed by atoms with van der Waals surface area (Å²) in [5, 5.41) is 2.83. The molecule has 1 aliphatic carbocycles. The van der Waals surface area contributed by atoms with E-state index >= 15 is 0 Å². The van der Waals surface area contributed by atoms with E-state index in [1.807, 2.05) is 57.2 Å². The van der Waals surface area contributed by atoms with Crippen LogP contribution in [0.25, 0.3) is 0 Å². The van der Waals surface area contributed by atoms with Crippen molar-refractivity contribution in [3.8, 4) is 0 Å². The number of hydrogen-bond acceptors (Lipinski definition) is 3. The molecular weight excluding hydrogens is 354 g/mol. The summed E-state index contributed by atoms with van der Waals surface area (Å²) in [5.41, 5.74) is 2.19. The number of carbonyl (C=O) groups excluding carboxylic acids is 3. The summed E-state index contributed by atoms with van der Waals surface area (Å²) in [6, 6.07) is 11.0. The fourth-order valence-corrected chi connectivity index (χ4v) is 4.31. The smallest absolute Gasteiger partial charge is 0.325 e. The number of benzene rings is 1. The topological polar surface area (TPSA) is 71.4 Å². The van der Waals surface area contributed by atoms with Gasteiger partial charge in [0.05, 0.1) is 6.54 Å². The van der Waals surface area contributed by atoms with Gasteiger partial charge in [-0.05, 0) is 44.7 Å². The maximum atomic E-state index is 13.2. The summed E-state index contributed by atoms with van der Waals surface area (Å²) in [5.74, 6) is -0.570. The molecule has 6 nitrogen and oxygen atoms in total. The second kappa shape index (κ2) is 6.62. The standard InChI is InChI=1S/C22H25N3O3/c1-4-22(16-8-6-5-7-9-16)20(27)24(21(28)23-22)13-19(26)18-12-14(2)25(15(18)3)17-10-11-17/h5-9,12,17H,4,10-11,13H2,1-3H3,(H,23,28)/t22-/m1/s1. The Kier molecular flexibility index (Phi) is 4.37. The molecule has 2 heterocycles. The van der Waals surface area contributed by atoms with Crippen LogP contribution in [-0.2, 0) is 10.3 Å². The van der Waals surface area contributed by atoms with Gasteiger partial charge < -0.3 is 9.88 Å². The van der Waals surface area contributed by atoms with Crippen LogP contribution in [0, 0.1) is 13.8 Å². The van der Waals surface area contributed by atoms with Gasteiger partial charge in [-0.1, -0.05) is 37.3 Å². The fourth-order valence-electron chi connectivity index (χ4n) is 4.31. The Morgan fingerprint density at radius 3 is 2.46 bits per heavy atom. The van der Waals surface area contributed by atoms with Crippen LogP contribution in [0.3, 0.4) is 0 Å². The first-order chi connectivity index (χ1) is 13.4. The SMILES string of the molecule is CC[C@]1(c2ccccc2)NC(=O)N(CC(=O)c2cc(C)n(C3CC3)c2C)C1=O. The van der Waals surface area contributed by atoms with Crippen molar-refractivity contribution in [2.75, 3.05) is 6.54 Å². The highest BCUT2D eigenvalue weighted by molar-refractivity contribution is 6.11. The lowest BCUT2D eigenvalue weighted by Crippen LogP contribution is -2.43. The molecule has 1 aromatic heterocycles. The molecular formula is C22H25N3O3. The second-order valence-corrected chi connectivity index (χ2v) is 7.76. The van der Waals surface area contributed by atoms with Crippen LogP contribution in [0.5, 0.6) is 0 Å². The van der Waals surface area contributed by atoms with Crippen LogP contribution in [0.4, 0.5) is 4.79 Å². The predicted molar refractivity (Wildman–Crippen MR) is 105 cm³/mol. The normalized spacial score (nSPS) is 21.9. The number of ketones is 1. The number of imide groups is 1. The highest BCUT2D eigenvalue weighted by Gasteiger charge is 2.51. The summed E-state index contributed by atoms with van der Waals surface area (Å²) < 4.78 is 2.19. The first kappa shape index (κ1) is 18.5. The summed E-state index contributed by atoms with van der Waals surface area (Å²) in [4.78, 5) is 39.8. The number of nitrogens with one attached hydrogen (secondary N) is 1. The lowest BCUT2D eigenvalue weighted by molar-refractivity contribution is -0.131. The lowest BCUT2D eigenvalue weighted by atomic mass is 9.87. The van der Waals surface area contributed by atoms with Crippen molar-refractivity contribution >= 4 is 17.7 Å². The Labute approximate surface area is 164 Å². The number of aromatic nitrogens is 1. The summed E-state index contributed by atoms with van der Waals surface area (Å²) >= 11 is 0. The van der Waals surface area contributed by atoms with Crippen molar-refractivity contribution in [2.45, 2.75) is 51.6 Å². The van der Waals surface area contributed by atoms with E-state index in [1.165, 1.54) is 0 Å². The van der Waals surface area contributed by atoms with Gasteiger partial charge in [0.15, 0.2) is 5.78 Å². The molecule has 3 amide bonds. The Balaban J connectivity index is 1.60. The number of hydrogen-bond donors (Lipinski definition) is 1. The third-order valence-corrected chi connectivity index (χ3v) is 5.97. The maximum absolute atomic E-state index is 13.2. The van der Waals surface area contributed by atoms with Gasteiger partial charge in [0.25, 0.3) is 5.91 Å². The Bertz CT molecular complexity index is 959. The number of urea groups is 1. The van der Waals surface area contributed by atoms with E-state index in [2.05, 4.69) is 9.88 Å². The van der Waals surface area contributed by atoms with Crippen molar-refractivity contribution < 1.29 is 14.4 Å². The van der Waals surface area contributed by atoms with Gasteiger partial charge in [-0.15, -0.1) is 0 Å². The molecule has 0 unspecified atom stereocenters. The average molecular weight is 379 g/mol. The van der Waals surface area contributed by atoms with E-state index in [9.17, 15) is 14.4 Å². The van der Waals surface area contributed by atoms with Gasteiger partial charge in [0, 0.05) is 23.0 Å². The molecule has 0 bridgehead atoms. The number of Topliss-reactive ketones (excluding diaryl/α,β-unsaturated/α-hetero) is 1. The number of nitrogens with zero attached hydrogens (tertiary/aromatic N) is 2. The molecule has 0 radical (unpaired) electrons. The zero-order valence-corrected chi connectivity index (χ0v) is 16.5. The Hall–Kier alpha value is -2.89. The van der Waals surface area contributed by atoms with Crippen molar-refractivity contribution in [2.24, 2.45) is 0 Å². The quantitative estimate of drug-likeness (QED) is 0.617. The molecule has 2 aliphatic rings. The van der Waals surface area contributed by atoms with Crippen LogP contribution < -0.4 is 5.32 Å². The molecule has 1 aromatic carbocycles. The van der Waals surface area contributed by atoms with E-state index in [0.717, 1.165) is 34.7 Å². The van der Waals surface area contributed by atoms with Crippen molar-refractivity contribution in [3.05, 3.63) is 58.9 Å². The van der Waals surface area contributed by atoms with Gasteiger partial charge in [-0.3, -0.25) is 14.5 Å². The molecule has 28 heavy (non-hydrogen) atoms. The molecule has 1 aliphatic heterocycles. The maximum Gasteiger partial charge on any atom is 0.325 e. The minimum atomic E-state index is -1.11. The Morgan fingerprint density at radius 1 is 1.18 bits per heavy atom. The van der Waals surface area contributed by atoms with Crippen molar-refractivity contribution in [3.63, 3.8) is 0 Å². The highest BCUT2D eigenvalue weighted by Crippen LogP contribution is 2.38. The second-order valence-electron chi connectivity index (χ2n) is 7.76. The lowest BCUT2D eigenvalue weighted by Gasteiger charge is -2.25. The first-order valence-electron chi connectivity index (χ1n) is 9.80. The summed E-state index contributed by atoms with van der Waals surface area (Å²) in [6.07, 6.45) is 2.68. The molecule has 1 saturated heterocycles. The van der Waals surface area contributed by atoms with Gasteiger partial charge in [-0.2, -0.15) is 0 Å². The molecule has 1 atom stereocenters. The third-order valence-electron chi connectivity index (χ3n) is 5.97. The van der Waals surface area contributed by atoms with Gasteiger partial charge in [-0.25, -0.2) is 4.79 Å². The molecule has 146 valence electrons. The summed E-state index contributed by atoms with van der Waals surface area (Å²) in [7, 11) is 0. The first-order valence-corrected chi connectivity index (χ1v) is 9.80. The number of amides is 3. The zero-order valence-electron chi connectivity index (χ0n) is 16.5. The number of aryl methyl sites for hydroxylation is 1. The highest BCUT2D eigenvalue weighted by atomic mass is 16.2. The molecule has 4 rings (SSSR count). The van der Waals surface area contributed by atoms with Crippen molar-refractivity contribution in [1.82, 2.24) is 14.8 Å². The van der Waals surface area contributed by atoms with Crippen LogP contribution in [0.1, 0.15) is 59.5 Å². The van der Waals surface area contributed by atoms with E-state index in [0.29, 0.717) is 18.0 Å². The minimum absolute atomic E-state index is 0.205. The third kappa shape index (κ3) is 2.75. The molecule has 1 N–H and O–H groups in total. The summed E-state index contributed by atoms with van der Waals surface area (Å²) in [6.45, 7) is 5.55. The molecule has 1 saturated carbocycles. The largest absolute Gasteiger partial charge is 0.345 e. The van der Waals surface area contributed by atoms with Crippen LogP contribution >= 0.6 is 0 Å².